The van der Waals surface area contributed by atoms with Crippen molar-refractivity contribution in [3.8, 4) is 5.75 Å². The summed E-state index contributed by atoms with van der Waals surface area (Å²) in [5, 5.41) is 9.27. The van der Waals surface area contributed by atoms with Crippen molar-refractivity contribution in [2.75, 3.05) is 7.11 Å². The van der Waals surface area contributed by atoms with E-state index in [1.54, 1.807) is 6.07 Å². The van der Waals surface area contributed by atoms with Crippen LogP contribution in [0.3, 0.4) is 0 Å². The number of carboxylic acid groups (broad SMARTS) is 1. The van der Waals surface area contributed by atoms with Crippen LogP contribution in [0.4, 0.5) is 4.39 Å². The second-order valence-electron chi connectivity index (χ2n) is 4.72. The van der Waals surface area contributed by atoms with Crippen molar-refractivity contribution >= 4 is 5.97 Å². The first-order valence-corrected chi connectivity index (χ1v) is 6.19. The van der Waals surface area contributed by atoms with Crippen molar-refractivity contribution < 1.29 is 19.0 Å². The highest BCUT2D eigenvalue weighted by Crippen LogP contribution is 2.41. The molecule has 2 atom stereocenters. The van der Waals surface area contributed by atoms with E-state index in [0.717, 1.165) is 19.3 Å². The minimum absolute atomic E-state index is 0.151. The van der Waals surface area contributed by atoms with Gasteiger partial charge in [-0.3, -0.25) is 4.79 Å². The van der Waals surface area contributed by atoms with Gasteiger partial charge in [-0.2, -0.15) is 0 Å². The quantitative estimate of drug-likeness (QED) is 0.898. The molecule has 3 nitrogen and oxygen atoms in total. The standard InChI is InChI=1S/C14H17FO3/c1-18-13-7-6-9(15)8-12(13)10-4-2-3-5-11(10)14(16)17/h6-8,10-11H,2-5H2,1H3,(H,16,17). The highest BCUT2D eigenvalue weighted by molar-refractivity contribution is 5.71. The largest absolute Gasteiger partial charge is 0.496 e. The van der Waals surface area contributed by atoms with Gasteiger partial charge < -0.3 is 9.84 Å². The van der Waals surface area contributed by atoms with Crippen molar-refractivity contribution in [3.05, 3.63) is 29.6 Å². The van der Waals surface area contributed by atoms with Crippen molar-refractivity contribution in [3.63, 3.8) is 0 Å². The second kappa shape index (κ2) is 5.38. The minimum Gasteiger partial charge on any atom is -0.496 e. The summed E-state index contributed by atoms with van der Waals surface area (Å²) in [4.78, 5) is 11.3. The highest BCUT2D eigenvalue weighted by Gasteiger charge is 2.33. The Morgan fingerprint density at radius 1 is 1.39 bits per heavy atom. The molecule has 18 heavy (non-hydrogen) atoms. The number of carbonyl (C=O) groups is 1. The van der Waals surface area contributed by atoms with Gasteiger partial charge in [-0.15, -0.1) is 0 Å². The number of carboxylic acids is 1. The second-order valence-corrected chi connectivity index (χ2v) is 4.72. The van der Waals surface area contributed by atoms with Crippen LogP contribution in [0.15, 0.2) is 18.2 Å². The van der Waals surface area contributed by atoms with Crippen LogP contribution in [0.5, 0.6) is 5.75 Å². The molecular formula is C14H17FO3. The summed E-state index contributed by atoms with van der Waals surface area (Å²) in [6.45, 7) is 0. The molecule has 1 fully saturated rings. The summed E-state index contributed by atoms with van der Waals surface area (Å²) in [6, 6.07) is 4.31. The Morgan fingerprint density at radius 3 is 2.78 bits per heavy atom. The van der Waals surface area contributed by atoms with Gasteiger partial charge in [0.05, 0.1) is 13.0 Å². The lowest BCUT2D eigenvalue weighted by molar-refractivity contribution is -0.143. The smallest absolute Gasteiger partial charge is 0.307 e. The molecule has 1 N–H and O–H groups in total. The summed E-state index contributed by atoms with van der Waals surface area (Å²) in [5.74, 6) is -1.16. The number of halogens is 1. The molecular weight excluding hydrogens is 235 g/mol. The predicted octanol–water partition coefficient (Wildman–Crippen LogP) is 3.19. The number of rotatable bonds is 3. The van der Waals surface area contributed by atoms with Crippen LogP contribution >= 0.6 is 0 Å². The number of hydrogen-bond acceptors (Lipinski definition) is 2. The summed E-state index contributed by atoms with van der Waals surface area (Å²) >= 11 is 0. The predicted molar refractivity (Wildman–Crippen MR) is 65.3 cm³/mol. The Hall–Kier alpha value is -1.58. The average Bonchev–Trinajstić information content (AvgIpc) is 2.38. The molecule has 1 aromatic rings. The summed E-state index contributed by atoms with van der Waals surface area (Å²) in [5.41, 5.74) is 0.685. The molecule has 1 aliphatic rings. The van der Waals surface area contributed by atoms with E-state index in [4.69, 9.17) is 4.74 Å². The fourth-order valence-corrected chi connectivity index (χ4v) is 2.79. The van der Waals surface area contributed by atoms with Gasteiger partial charge in [0.25, 0.3) is 0 Å². The average molecular weight is 252 g/mol. The van der Waals surface area contributed by atoms with Crippen LogP contribution in [-0.4, -0.2) is 18.2 Å². The first-order valence-electron chi connectivity index (χ1n) is 6.19. The minimum atomic E-state index is -0.800. The molecule has 0 amide bonds. The molecule has 4 heteroatoms. The van der Waals surface area contributed by atoms with E-state index < -0.39 is 11.9 Å². The topological polar surface area (TPSA) is 46.5 Å². The maximum absolute atomic E-state index is 13.4. The number of benzene rings is 1. The summed E-state index contributed by atoms with van der Waals surface area (Å²) < 4.78 is 18.6. The molecule has 0 radical (unpaired) electrons. The van der Waals surface area contributed by atoms with Gasteiger partial charge in [0.2, 0.25) is 0 Å². The molecule has 1 aliphatic carbocycles. The zero-order valence-electron chi connectivity index (χ0n) is 10.4. The molecule has 1 aromatic carbocycles. The highest BCUT2D eigenvalue weighted by atomic mass is 19.1. The van der Waals surface area contributed by atoms with E-state index in [0.29, 0.717) is 17.7 Å². The third kappa shape index (κ3) is 2.47. The molecule has 98 valence electrons. The van der Waals surface area contributed by atoms with Crippen LogP contribution in [0.1, 0.15) is 37.2 Å². The van der Waals surface area contributed by atoms with E-state index in [2.05, 4.69) is 0 Å². The van der Waals surface area contributed by atoms with Crippen LogP contribution in [0.25, 0.3) is 0 Å². The lowest BCUT2D eigenvalue weighted by Crippen LogP contribution is -2.25. The van der Waals surface area contributed by atoms with Gasteiger partial charge in [0, 0.05) is 11.5 Å². The maximum atomic E-state index is 13.4. The Labute approximate surface area is 106 Å². The van der Waals surface area contributed by atoms with Crippen LogP contribution < -0.4 is 4.74 Å². The fraction of sp³-hybridized carbons (Fsp3) is 0.500. The lowest BCUT2D eigenvalue weighted by atomic mass is 9.75. The SMILES string of the molecule is COc1ccc(F)cc1C1CCCCC1C(=O)O. The monoisotopic (exact) mass is 252 g/mol. The molecule has 0 aliphatic heterocycles. The molecule has 1 saturated carbocycles. The number of methoxy groups -OCH3 is 1. The summed E-state index contributed by atoms with van der Waals surface area (Å²) in [7, 11) is 1.52. The van der Waals surface area contributed by atoms with Gasteiger partial charge in [0.15, 0.2) is 0 Å². The van der Waals surface area contributed by atoms with Crippen LogP contribution in [-0.2, 0) is 4.79 Å². The van der Waals surface area contributed by atoms with Crippen LogP contribution in [0.2, 0.25) is 0 Å². The van der Waals surface area contributed by atoms with E-state index in [1.165, 1.54) is 19.2 Å². The van der Waals surface area contributed by atoms with Gasteiger partial charge in [-0.05, 0) is 31.0 Å². The zero-order valence-corrected chi connectivity index (χ0v) is 10.4. The molecule has 0 spiro atoms. The van der Waals surface area contributed by atoms with Crippen molar-refractivity contribution in [2.45, 2.75) is 31.6 Å². The Bertz CT molecular complexity index is 445. The molecule has 0 aromatic heterocycles. The van der Waals surface area contributed by atoms with Crippen molar-refractivity contribution in [1.29, 1.82) is 0 Å². The Morgan fingerprint density at radius 2 is 2.11 bits per heavy atom. The van der Waals surface area contributed by atoms with Gasteiger partial charge in [-0.1, -0.05) is 12.8 Å². The zero-order chi connectivity index (χ0) is 13.1. The van der Waals surface area contributed by atoms with E-state index in [9.17, 15) is 14.3 Å². The Balaban J connectivity index is 2.38. The van der Waals surface area contributed by atoms with Gasteiger partial charge in [-0.25, -0.2) is 4.39 Å². The first kappa shape index (κ1) is 12.9. The first-order chi connectivity index (χ1) is 8.63. The van der Waals surface area contributed by atoms with Crippen LogP contribution in [0, 0.1) is 11.7 Å². The molecule has 0 bridgehead atoms. The number of aliphatic carboxylic acids is 1. The molecule has 2 rings (SSSR count). The molecule has 2 unspecified atom stereocenters. The third-order valence-corrected chi connectivity index (χ3v) is 3.67. The van der Waals surface area contributed by atoms with Crippen molar-refractivity contribution in [1.82, 2.24) is 0 Å². The third-order valence-electron chi connectivity index (χ3n) is 3.67. The summed E-state index contributed by atoms with van der Waals surface area (Å²) in [6.07, 6.45) is 3.33. The van der Waals surface area contributed by atoms with Crippen molar-refractivity contribution in [2.24, 2.45) is 5.92 Å². The van der Waals surface area contributed by atoms with E-state index >= 15 is 0 Å². The molecule has 0 saturated heterocycles. The van der Waals surface area contributed by atoms with Gasteiger partial charge >= 0.3 is 5.97 Å². The Kier molecular flexibility index (Phi) is 3.84. The van der Waals surface area contributed by atoms with E-state index in [1.807, 2.05) is 0 Å². The fourth-order valence-electron chi connectivity index (χ4n) is 2.79. The normalized spacial score (nSPS) is 23.7. The molecule has 0 heterocycles. The maximum Gasteiger partial charge on any atom is 0.307 e. The lowest BCUT2D eigenvalue weighted by Gasteiger charge is -2.29. The van der Waals surface area contributed by atoms with E-state index in [-0.39, 0.29) is 11.7 Å². The number of ether oxygens (including phenoxy) is 1. The number of hydrogen-bond donors (Lipinski definition) is 1. The van der Waals surface area contributed by atoms with Gasteiger partial charge in [0.1, 0.15) is 11.6 Å².